The zero-order chi connectivity index (χ0) is 31.5. The van der Waals surface area contributed by atoms with Gasteiger partial charge in [0.1, 0.15) is 11.3 Å². The number of rotatable bonds is 13. The molecule has 0 bridgehead atoms. The number of aromatic nitrogens is 4. The Hall–Kier alpha value is -4.36. The molecule has 0 saturated carbocycles. The molecule has 0 aliphatic heterocycles. The average molecular weight is 607 g/mol. The SMILES string of the molecule is CNc1nc2cc(C(N)=O)ccc2n1C/C=C/Cn1c(N)nc2cc(C(N)=O)cc(OCCCO[Si](C)(C)C(C)(C)C)c21. The van der Waals surface area contributed by atoms with E-state index in [1.54, 1.807) is 31.3 Å². The number of carbonyl (C=O) groups is 2. The van der Waals surface area contributed by atoms with Crippen LogP contribution in [0, 0.1) is 0 Å². The first-order chi connectivity index (χ1) is 20.2. The van der Waals surface area contributed by atoms with E-state index in [4.69, 9.17) is 26.4 Å². The summed E-state index contributed by atoms with van der Waals surface area (Å²) in [5, 5.41) is 3.22. The number of imidazole rings is 2. The van der Waals surface area contributed by atoms with Gasteiger partial charge < -0.3 is 40.8 Å². The van der Waals surface area contributed by atoms with E-state index in [0.29, 0.717) is 72.1 Å². The molecule has 0 saturated heterocycles. The molecule has 4 rings (SSSR count). The summed E-state index contributed by atoms with van der Waals surface area (Å²) in [6, 6.07) is 8.45. The van der Waals surface area contributed by atoms with E-state index in [0.717, 1.165) is 5.52 Å². The number of primary amides is 2. The summed E-state index contributed by atoms with van der Waals surface area (Å²) in [5.41, 5.74) is 20.8. The quantitative estimate of drug-likeness (QED) is 0.0990. The second-order valence-electron chi connectivity index (χ2n) is 11.9. The van der Waals surface area contributed by atoms with E-state index in [-0.39, 0.29) is 11.0 Å². The van der Waals surface area contributed by atoms with Gasteiger partial charge >= 0.3 is 0 Å². The Morgan fingerprint density at radius 2 is 1.60 bits per heavy atom. The van der Waals surface area contributed by atoms with Crippen LogP contribution in [-0.2, 0) is 17.5 Å². The number of nitrogen functional groups attached to an aromatic ring is 1. The molecule has 0 spiro atoms. The summed E-state index contributed by atoms with van der Waals surface area (Å²) in [7, 11) is -0.0700. The molecule has 2 amide bonds. The van der Waals surface area contributed by atoms with E-state index < -0.39 is 20.1 Å². The number of nitrogens with one attached hydrogen (secondary N) is 1. The fourth-order valence-corrected chi connectivity index (χ4v) is 5.58. The van der Waals surface area contributed by atoms with Crippen molar-refractivity contribution in [3.63, 3.8) is 0 Å². The van der Waals surface area contributed by atoms with Gasteiger partial charge in [0.15, 0.2) is 8.32 Å². The standard InChI is InChI=1S/C30H42N8O4Si/c1-30(2,3)43(5,6)42-15-9-14-41-24-18-20(27(32)40)17-22-25(24)38(28(33)35-22)13-8-7-12-37-23-11-10-19(26(31)39)16-21(23)36-29(37)34-4/h7-8,10-11,16-18H,9,12-15H2,1-6H3,(H2,31,39)(H2,32,40)(H2,33,35)(H,34,36)/b8-7+. The van der Waals surface area contributed by atoms with E-state index in [2.05, 4.69) is 49.1 Å². The normalized spacial score (nSPS) is 12.4. The second-order valence-corrected chi connectivity index (χ2v) is 16.7. The van der Waals surface area contributed by atoms with Crippen LogP contribution in [0.4, 0.5) is 11.9 Å². The number of hydrogen-bond acceptors (Lipinski definition) is 8. The summed E-state index contributed by atoms with van der Waals surface area (Å²) < 4.78 is 16.3. The first kappa shape index (κ1) is 31.6. The molecule has 2 aromatic heterocycles. The molecule has 0 aliphatic rings. The highest BCUT2D eigenvalue weighted by Gasteiger charge is 2.36. The number of benzene rings is 2. The van der Waals surface area contributed by atoms with E-state index in [1.807, 2.05) is 27.4 Å². The molecular weight excluding hydrogens is 564 g/mol. The Labute approximate surface area is 252 Å². The van der Waals surface area contributed by atoms with Crippen molar-refractivity contribution in [3.8, 4) is 5.75 Å². The minimum atomic E-state index is -1.86. The molecule has 12 nitrogen and oxygen atoms in total. The molecule has 43 heavy (non-hydrogen) atoms. The topological polar surface area (TPSA) is 178 Å². The molecule has 230 valence electrons. The molecule has 13 heteroatoms. The van der Waals surface area contributed by atoms with Gasteiger partial charge in [-0.25, -0.2) is 9.97 Å². The number of nitrogens with two attached hydrogens (primary N) is 3. The van der Waals surface area contributed by atoms with Crippen LogP contribution in [-0.4, -0.2) is 59.5 Å². The summed E-state index contributed by atoms with van der Waals surface area (Å²) in [4.78, 5) is 32.7. The molecule has 0 atom stereocenters. The third kappa shape index (κ3) is 6.83. The molecule has 4 aromatic rings. The van der Waals surface area contributed by atoms with E-state index in [9.17, 15) is 9.59 Å². The van der Waals surface area contributed by atoms with Gasteiger partial charge in [-0.3, -0.25) is 9.59 Å². The highest BCUT2D eigenvalue weighted by atomic mass is 28.4. The van der Waals surface area contributed by atoms with E-state index in [1.165, 1.54) is 0 Å². The van der Waals surface area contributed by atoms with Gasteiger partial charge in [-0.1, -0.05) is 32.9 Å². The molecule has 0 fully saturated rings. The maximum absolute atomic E-state index is 12.0. The summed E-state index contributed by atoms with van der Waals surface area (Å²) in [6.45, 7) is 13.0. The number of anilines is 2. The molecule has 0 aliphatic carbocycles. The second kappa shape index (κ2) is 12.5. The van der Waals surface area contributed by atoms with Gasteiger partial charge in [0.05, 0.1) is 23.2 Å². The van der Waals surface area contributed by atoms with Crippen LogP contribution in [0.3, 0.4) is 0 Å². The van der Waals surface area contributed by atoms with Crippen molar-refractivity contribution < 1.29 is 18.8 Å². The molecule has 0 radical (unpaired) electrons. The summed E-state index contributed by atoms with van der Waals surface area (Å²) in [6.07, 6.45) is 4.65. The smallest absolute Gasteiger partial charge is 0.248 e. The van der Waals surface area contributed by atoms with Crippen LogP contribution in [0.5, 0.6) is 5.75 Å². The van der Waals surface area contributed by atoms with Gasteiger partial charge in [0, 0.05) is 44.3 Å². The zero-order valence-corrected chi connectivity index (χ0v) is 26.7. The van der Waals surface area contributed by atoms with Crippen LogP contribution < -0.4 is 27.3 Å². The van der Waals surface area contributed by atoms with Gasteiger partial charge in [0.2, 0.25) is 23.7 Å². The Balaban J connectivity index is 1.53. The maximum Gasteiger partial charge on any atom is 0.248 e. The Morgan fingerprint density at radius 3 is 2.23 bits per heavy atom. The van der Waals surface area contributed by atoms with Crippen molar-refractivity contribution >= 4 is 54.1 Å². The Bertz CT molecular complexity index is 1680. The van der Waals surface area contributed by atoms with Gasteiger partial charge in [-0.05, 0) is 48.5 Å². The summed E-state index contributed by atoms with van der Waals surface area (Å²) >= 11 is 0. The molecule has 0 unspecified atom stereocenters. The lowest BCUT2D eigenvalue weighted by atomic mass is 10.1. The average Bonchev–Trinajstić information content (AvgIpc) is 3.45. The number of amides is 2. The predicted octanol–water partition coefficient (Wildman–Crippen LogP) is 4.25. The lowest BCUT2D eigenvalue weighted by Gasteiger charge is -2.36. The highest BCUT2D eigenvalue weighted by molar-refractivity contribution is 6.74. The minimum absolute atomic E-state index is 0.126. The fourth-order valence-electron chi connectivity index (χ4n) is 4.49. The minimum Gasteiger partial charge on any atom is -0.491 e. The number of nitrogens with zero attached hydrogens (tertiary/aromatic N) is 4. The number of hydrogen-bond donors (Lipinski definition) is 4. The first-order valence-electron chi connectivity index (χ1n) is 14.2. The molecule has 2 aromatic carbocycles. The largest absolute Gasteiger partial charge is 0.491 e. The number of allylic oxidation sites excluding steroid dienone is 2. The first-order valence-corrected chi connectivity index (χ1v) is 17.1. The van der Waals surface area contributed by atoms with Crippen molar-refractivity contribution in [2.75, 3.05) is 31.3 Å². The van der Waals surface area contributed by atoms with Crippen molar-refractivity contribution in [2.24, 2.45) is 11.5 Å². The van der Waals surface area contributed by atoms with Crippen LogP contribution in [0.25, 0.3) is 22.1 Å². The van der Waals surface area contributed by atoms with Gasteiger partial charge in [0.25, 0.3) is 0 Å². The third-order valence-corrected chi connectivity index (χ3v) is 12.5. The van der Waals surface area contributed by atoms with Crippen molar-refractivity contribution in [2.45, 2.75) is 58.4 Å². The lowest BCUT2D eigenvalue weighted by molar-refractivity contribution is 0.0992. The summed E-state index contributed by atoms with van der Waals surface area (Å²) in [5.74, 6) is 0.353. The number of ether oxygens (including phenoxy) is 1. The van der Waals surface area contributed by atoms with Gasteiger partial charge in [-0.2, -0.15) is 0 Å². The Kier molecular flexibility index (Phi) is 9.16. The molecule has 2 heterocycles. The molecule has 7 N–H and O–H groups in total. The van der Waals surface area contributed by atoms with Crippen molar-refractivity contribution in [3.05, 3.63) is 53.6 Å². The fraction of sp³-hybridized carbons (Fsp3) is 0.400. The van der Waals surface area contributed by atoms with Crippen LogP contribution >= 0.6 is 0 Å². The van der Waals surface area contributed by atoms with Gasteiger partial charge in [-0.15, -0.1) is 0 Å². The monoisotopic (exact) mass is 606 g/mol. The predicted molar refractivity (Wildman–Crippen MR) is 173 cm³/mol. The number of carbonyl (C=O) groups excluding carboxylic acids is 2. The van der Waals surface area contributed by atoms with Crippen LogP contribution in [0.1, 0.15) is 47.9 Å². The Morgan fingerprint density at radius 1 is 0.953 bits per heavy atom. The zero-order valence-electron chi connectivity index (χ0n) is 25.7. The van der Waals surface area contributed by atoms with Crippen molar-refractivity contribution in [1.29, 1.82) is 0 Å². The third-order valence-electron chi connectivity index (χ3n) is 7.94. The maximum atomic E-state index is 12.0. The lowest BCUT2D eigenvalue weighted by Crippen LogP contribution is -2.41. The number of fused-ring (bicyclic) bond motifs is 2. The van der Waals surface area contributed by atoms with Crippen LogP contribution in [0.15, 0.2) is 42.5 Å². The van der Waals surface area contributed by atoms with E-state index >= 15 is 0 Å². The van der Waals surface area contributed by atoms with Crippen LogP contribution in [0.2, 0.25) is 18.1 Å². The highest BCUT2D eigenvalue weighted by Crippen LogP contribution is 2.36. The van der Waals surface area contributed by atoms with Crippen molar-refractivity contribution in [1.82, 2.24) is 19.1 Å². The molecular formula is C30H42N8O4Si.